The first kappa shape index (κ1) is 14.8. The van der Waals surface area contributed by atoms with Crippen molar-refractivity contribution in [1.82, 2.24) is 0 Å². The molecule has 0 saturated carbocycles. The second-order valence-electron chi connectivity index (χ2n) is 6.07. The minimum atomic E-state index is -0.992. The van der Waals surface area contributed by atoms with E-state index in [0.717, 1.165) is 11.3 Å². The SMILES string of the molecule is CC(C)c1ccccc1NC(=O)[C@H]1[C@@H](C(=O)O)[C@H]2C=C[C@H]1O2. The van der Waals surface area contributed by atoms with Crippen LogP contribution in [-0.2, 0) is 14.3 Å². The quantitative estimate of drug-likeness (QED) is 0.837. The number of fused-ring (bicyclic) bond motifs is 2. The van der Waals surface area contributed by atoms with Crippen LogP contribution in [0.1, 0.15) is 25.3 Å². The van der Waals surface area contributed by atoms with Crippen LogP contribution < -0.4 is 5.32 Å². The van der Waals surface area contributed by atoms with Gasteiger partial charge in [0.05, 0.1) is 18.1 Å². The third-order valence-electron chi connectivity index (χ3n) is 4.33. The lowest BCUT2D eigenvalue weighted by Gasteiger charge is -2.22. The van der Waals surface area contributed by atoms with E-state index in [4.69, 9.17) is 4.74 Å². The molecule has 1 aromatic rings. The van der Waals surface area contributed by atoms with Crippen LogP contribution in [0.4, 0.5) is 5.69 Å². The van der Waals surface area contributed by atoms with Gasteiger partial charge in [-0.15, -0.1) is 0 Å². The maximum atomic E-state index is 12.6. The molecule has 2 bridgehead atoms. The fourth-order valence-corrected chi connectivity index (χ4v) is 3.25. The Morgan fingerprint density at radius 3 is 2.41 bits per heavy atom. The molecule has 0 radical (unpaired) electrons. The topological polar surface area (TPSA) is 75.6 Å². The van der Waals surface area contributed by atoms with E-state index in [0.29, 0.717) is 0 Å². The molecule has 2 aliphatic heterocycles. The molecule has 2 heterocycles. The summed E-state index contributed by atoms with van der Waals surface area (Å²) in [4.78, 5) is 24.0. The van der Waals surface area contributed by atoms with Gasteiger partial charge in [-0.3, -0.25) is 9.59 Å². The van der Waals surface area contributed by atoms with Crippen molar-refractivity contribution in [1.29, 1.82) is 0 Å². The predicted molar refractivity (Wildman–Crippen MR) is 81.6 cm³/mol. The van der Waals surface area contributed by atoms with Crippen LogP contribution in [0.2, 0.25) is 0 Å². The van der Waals surface area contributed by atoms with Gasteiger partial charge in [0, 0.05) is 5.69 Å². The van der Waals surface area contributed by atoms with Gasteiger partial charge in [-0.05, 0) is 17.5 Å². The Morgan fingerprint density at radius 1 is 1.14 bits per heavy atom. The normalized spacial score (nSPS) is 29.0. The van der Waals surface area contributed by atoms with Crippen LogP contribution in [0.15, 0.2) is 36.4 Å². The molecule has 5 heteroatoms. The van der Waals surface area contributed by atoms with Crippen LogP contribution in [0.5, 0.6) is 0 Å². The minimum Gasteiger partial charge on any atom is -0.481 e. The molecule has 0 aliphatic carbocycles. The summed E-state index contributed by atoms with van der Waals surface area (Å²) in [5.41, 5.74) is 1.76. The summed E-state index contributed by atoms with van der Waals surface area (Å²) < 4.78 is 5.54. The lowest BCUT2D eigenvalue weighted by atomic mass is 9.82. The maximum Gasteiger partial charge on any atom is 0.310 e. The molecule has 22 heavy (non-hydrogen) atoms. The Hall–Kier alpha value is -2.14. The van der Waals surface area contributed by atoms with Crippen molar-refractivity contribution in [3.8, 4) is 0 Å². The summed E-state index contributed by atoms with van der Waals surface area (Å²) >= 11 is 0. The Bertz CT molecular complexity index is 637. The van der Waals surface area contributed by atoms with Crippen molar-refractivity contribution in [3.05, 3.63) is 42.0 Å². The summed E-state index contributed by atoms with van der Waals surface area (Å²) in [6, 6.07) is 7.58. The number of hydrogen-bond donors (Lipinski definition) is 2. The molecule has 116 valence electrons. The van der Waals surface area contributed by atoms with Gasteiger partial charge in [-0.25, -0.2) is 0 Å². The molecule has 2 N–H and O–H groups in total. The number of hydrogen-bond acceptors (Lipinski definition) is 3. The molecule has 1 fully saturated rings. The zero-order valence-corrected chi connectivity index (χ0v) is 12.5. The van der Waals surface area contributed by atoms with Gasteiger partial charge in [0.1, 0.15) is 5.92 Å². The number of carboxylic acid groups (broad SMARTS) is 1. The van der Waals surface area contributed by atoms with Gasteiger partial charge in [0.25, 0.3) is 0 Å². The third-order valence-corrected chi connectivity index (χ3v) is 4.33. The number of carbonyl (C=O) groups excluding carboxylic acids is 1. The third kappa shape index (κ3) is 2.41. The van der Waals surface area contributed by atoms with Gasteiger partial charge in [0.15, 0.2) is 0 Å². The largest absolute Gasteiger partial charge is 0.481 e. The first-order valence-corrected chi connectivity index (χ1v) is 7.45. The van der Waals surface area contributed by atoms with Gasteiger partial charge < -0.3 is 15.2 Å². The lowest BCUT2D eigenvalue weighted by molar-refractivity contribution is -0.145. The van der Waals surface area contributed by atoms with Gasteiger partial charge in [0.2, 0.25) is 5.91 Å². The molecular formula is C17H19NO4. The monoisotopic (exact) mass is 301 g/mol. The van der Waals surface area contributed by atoms with E-state index >= 15 is 0 Å². The summed E-state index contributed by atoms with van der Waals surface area (Å²) in [6.07, 6.45) is 2.56. The summed E-state index contributed by atoms with van der Waals surface area (Å²) in [6.45, 7) is 4.10. The van der Waals surface area contributed by atoms with Crippen LogP contribution in [0.3, 0.4) is 0 Å². The Kier molecular flexibility index (Phi) is 3.74. The number of anilines is 1. The fraction of sp³-hybridized carbons (Fsp3) is 0.412. The Labute approximate surface area is 129 Å². The highest BCUT2D eigenvalue weighted by Gasteiger charge is 2.53. The first-order chi connectivity index (χ1) is 10.5. The van der Waals surface area contributed by atoms with E-state index in [-0.39, 0.29) is 11.8 Å². The standard InChI is InChI=1S/C17H19NO4/c1-9(2)10-5-3-4-6-11(10)18-16(19)14-12-7-8-13(22-12)15(14)17(20)21/h3-9,12-15H,1-2H3,(H,18,19)(H,20,21)/t12-,13-,14-,15+/m1/s1. The first-order valence-electron chi connectivity index (χ1n) is 7.45. The van der Waals surface area contributed by atoms with E-state index in [1.807, 2.05) is 24.3 Å². The van der Waals surface area contributed by atoms with Crippen molar-refractivity contribution < 1.29 is 19.4 Å². The average Bonchev–Trinajstić information content (AvgIpc) is 3.08. The molecule has 1 amide bonds. The highest BCUT2D eigenvalue weighted by Crippen LogP contribution is 2.40. The van der Waals surface area contributed by atoms with E-state index in [2.05, 4.69) is 19.2 Å². The second kappa shape index (κ2) is 5.57. The fourth-order valence-electron chi connectivity index (χ4n) is 3.25. The molecule has 0 unspecified atom stereocenters. The predicted octanol–water partition coefficient (Wildman–Crippen LogP) is 2.40. The number of amides is 1. The molecule has 1 aromatic carbocycles. The van der Waals surface area contributed by atoms with E-state index in [1.54, 1.807) is 12.2 Å². The van der Waals surface area contributed by atoms with E-state index in [1.165, 1.54) is 0 Å². The Morgan fingerprint density at radius 2 is 1.77 bits per heavy atom. The summed E-state index contributed by atoms with van der Waals surface area (Å²) in [7, 11) is 0. The Balaban J connectivity index is 1.83. The van der Waals surface area contributed by atoms with Crippen LogP contribution in [-0.4, -0.2) is 29.2 Å². The molecular weight excluding hydrogens is 282 g/mol. The number of carboxylic acids is 1. The van der Waals surface area contributed by atoms with Crippen LogP contribution >= 0.6 is 0 Å². The zero-order valence-electron chi connectivity index (χ0n) is 12.5. The van der Waals surface area contributed by atoms with Gasteiger partial charge >= 0.3 is 5.97 Å². The van der Waals surface area contributed by atoms with Crippen molar-refractivity contribution in [3.63, 3.8) is 0 Å². The maximum absolute atomic E-state index is 12.6. The molecule has 0 aromatic heterocycles. The number of carbonyl (C=O) groups is 2. The van der Waals surface area contributed by atoms with E-state index in [9.17, 15) is 14.7 Å². The van der Waals surface area contributed by atoms with Crippen molar-refractivity contribution in [2.45, 2.75) is 32.0 Å². The highest BCUT2D eigenvalue weighted by molar-refractivity contribution is 5.97. The molecule has 3 rings (SSSR count). The van der Waals surface area contributed by atoms with Crippen LogP contribution in [0, 0.1) is 11.8 Å². The second-order valence-corrected chi connectivity index (χ2v) is 6.07. The number of benzene rings is 1. The smallest absolute Gasteiger partial charge is 0.310 e. The van der Waals surface area contributed by atoms with Crippen molar-refractivity contribution >= 4 is 17.6 Å². The molecule has 1 saturated heterocycles. The molecule has 5 nitrogen and oxygen atoms in total. The minimum absolute atomic E-state index is 0.267. The number of ether oxygens (including phenoxy) is 1. The summed E-state index contributed by atoms with van der Waals surface area (Å²) in [5.74, 6) is -2.52. The average molecular weight is 301 g/mol. The van der Waals surface area contributed by atoms with Gasteiger partial charge in [-0.1, -0.05) is 44.2 Å². The summed E-state index contributed by atoms with van der Waals surface area (Å²) in [5, 5.41) is 12.3. The number of nitrogens with one attached hydrogen (secondary N) is 1. The zero-order chi connectivity index (χ0) is 15.9. The highest BCUT2D eigenvalue weighted by atomic mass is 16.5. The van der Waals surface area contributed by atoms with Gasteiger partial charge in [-0.2, -0.15) is 0 Å². The number of rotatable bonds is 4. The molecule has 2 aliphatic rings. The van der Waals surface area contributed by atoms with Crippen molar-refractivity contribution in [2.75, 3.05) is 5.32 Å². The van der Waals surface area contributed by atoms with E-state index < -0.39 is 30.0 Å². The number of para-hydroxylation sites is 1. The lowest BCUT2D eigenvalue weighted by Crippen LogP contribution is -2.39. The van der Waals surface area contributed by atoms with Crippen molar-refractivity contribution in [2.24, 2.45) is 11.8 Å². The van der Waals surface area contributed by atoms with Crippen LogP contribution in [0.25, 0.3) is 0 Å². The molecule has 4 atom stereocenters. The molecule has 0 spiro atoms. The number of aliphatic carboxylic acids is 1.